The van der Waals surface area contributed by atoms with Crippen molar-refractivity contribution < 1.29 is 9.84 Å². The van der Waals surface area contributed by atoms with Crippen molar-refractivity contribution >= 4 is 11.3 Å². The number of piperidine rings is 1. The molecular formula is C20H25N5O2. The summed E-state index contributed by atoms with van der Waals surface area (Å²) in [4.78, 5) is 6.89. The average molecular weight is 367 g/mol. The smallest absolute Gasteiger partial charge is 0.138 e. The van der Waals surface area contributed by atoms with Crippen LogP contribution in [-0.2, 0) is 0 Å². The summed E-state index contributed by atoms with van der Waals surface area (Å²) in [5, 5.41) is 13.8. The highest BCUT2D eigenvalue weighted by Crippen LogP contribution is 2.30. The van der Waals surface area contributed by atoms with Crippen LogP contribution in [0.5, 0.6) is 5.75 Å². The number of anilines is 1. The first kappa shape index (κ1) is 17.8. The lowest BCUT2D eigenvalue weighted by Crippen LogP contribution is -2.53. The van der Waals surface area contributed by atoms with Gasteiger partial charge in [0.1, 0.15) is 11.6 Å². The zero-order chi connectivity index (χ0) is 18.9. The molecule has 0 amide bonds. The van der Waals surface area contributed by atoms with Gasteiger partial charge in [-0.2, -0.15) is 5.10 Å². The molecule has 3 N–H and O–H groups in total. The summed E-state index contributed by atoms with van der Waals surface area (Å²) in [5.41, 5.74) is 8.78. The molecule has 1 fully saturated rings. The molecule has 0 radical (unpaired) electrons. The Morgan fingerprint density at radius 3 is 2.74 bits per heavy atom. The van der Waals surface area contributed by atoms with E-state index in [-0.39, 0.29) is 6.61 Å². The van der Waals surface area contributed by atoms with E-state index in [1.54, 1.807) is 6.20 Å². The number of ether oxygens (including phenoxy) is 1. The molecule has 27 heavy (non-hydrogen) atoms. The fourth-order valence-corrected chi connectivity index (χ4v) is 3.55. The van der Waals surface area contributed by atoms with E-state index in [1.165, 1.54) is 0 Å². The van der Waals surface area contributed by atoms with Crippen molar-refractivity contribution in [2.45, 2.75) is 25.3 Å². The molecule has 3 aromatic rings. The third-order valence-corrected chi connectivity index (χ3v) is 5.25. The van der Waals surface area contributed by atoms with Crippen LogP contribution in [0.15, 0.2) is 42.9 Å². The molecule has 0 atom stereocenters. The minimum Gasteiger partial charge on any atom is -0.492 e. The van der Waals surface area contributed by atoms with E-state index < -0.39 is 5.54 Å². The molecule has 0 unspecified atom stereocenters. The standard InChI is InChI=1S/C20H25N5O2/c1-2-27-16-11-17(18-5-8-23-25(18)13-16)15-3-4-19(22-12-15)24-9-6-20(21,14-26)7-10-24/h3-5,8,11-13,26H,2,6-7,9-10,14,21H2,1H3. The van der Waals surface area contributed by atoms with Crippen molar-refractivity contribution in [1.82, 2.24) is 14.6 Å². The second-order valence-electron chi connectivity index (χ2n) is 7.10. The van der Waals surface area contributed by atoms with Crippen LogP contribution in [0.3, 0.4) is 0 Å². The summed E-state index contributed by atoms with van der Waals surface area (Å²) in [6.07, 6.45) is 7.09. The Morgan fingerprint density at radius 2 is 2.07 bits per heavy atom. The molecule has 142 valence electrons. The zero-order valence-electron chi connectivity index (χ0n) is 15.5. The molecule has 0 saturated carbocycles. The Labute approximate surface area is 158 Å². The maximum absolute atomic E-state index is 9.42. The van der Waals surface area contributed by atoms with Crippen LogP contribution < -0.4 is 15.4 Å². The molecule has 1 aliphatic heterocycles. The zero-order valence-corrected chi connectivity index (χ0v) is 15.5. The van der Waals surface area contributed by atoms with Crippen LogP contribution >= 0.6 is 0 Å². The highest BCUT2D eigenvalue weighted by molar-refractivity contribution is 5.81. The van der Waals surface area contributed by atoms with Crippen molar-refractivity contribution in [3.8, 4) is 16.9 Å². The first-order valence-electron chi connectivity index (χ1n) is 9.33. The molecule has 1 aliphatic rings. The molecule has 3 aromatic heterocycles. The van der Waals surface area contributed by atoms with Gasteiger partial charge in [0.2, 0.25) is 0 Å². The minimum atomic E-state index is -0.455. The Bertz CT molecular complexity index is 914. The van der Waals surface area contributed by atoms with Crippen molar-refractivity contribution in [2.24, 2.45) is 5.73 Å². The number of pyridine rings is 2. The van der Waals surface area contributed by atoms with Crippen LogP contribution in [0.1, 0.15) is 19.8 Å². The molecular weight excluding hydrogens is 342 g/mol. The lowest BCUT2D eigenvalue weighted by Gasteiger charge is -2.38. The fourth-order valence-electron chi connectivity index (χ4n) is 3.55. The number of aliphatic hydroxyl groups is 1. The largest absolute Gasteiger partial charge is 0.492 e. The number of hydrogen-bond donors (Lipinski definition) is 2. The Morgan fingerprint density at radius 1 is 1.26 bits per heavy atom. The monoisotopic (exact) mass is 367 g/mol. The van der Waals surface area contributed by atoms with Gasteiger partial charge in [0.05, 0.1) is 31.1 Å². The Hall–Kier alpha value is -2.64. The van der Waals surface area contributed by atoms with Gasteiger partial charge in [-0.1, -0.05) is 0 Å². The van der Waals surface area contributed by atoms with E-state index in [0.29, 0.717) is 6.61 Å². The van der Waals surface area contributed by atoms with Crippen molar-refractivity contribution in [2.75, 3.05) is 31.2 Å². The highest BCUT2D eigenvalue weighted by Gasteiger charge is 2.30. The van der Waals surface area contributed by atoms with Crippen molar-refractivity contribution in [3.05, 3.63) is 42.9 Å². The first-order valence-corrected chi connectivity index (χ1v) is 9.33. The quantitative estimate of drug-likeness (QED) is 0.718. The molecule has 0 bridgehead atoms. The summed E-state index contributed by atoms with van der Waals surface area (Å²) < 4.78 is 7.50. The normalized spacial score (nSPS) is 16.6. The van der Waals surface area contributed by atoms with Crippen molar-refractivity contribution in [3.63, 3.8) is 0 Å². The number of fused-ring (bicyclic) bond motifs is 1. The van der Waals surface area contributed by atoms with E-state index in [9.17, 15) is 5.11 Å². The van der Waals surface area contributed by atoms with Crippen LogP contribution in [0.4, 0.5) is 5.82 Å². The second kappa shape index (κ2) is 7.17. The molecule has 0 aromatic carbocycles. The number of nitrogens with two attached hydrogens (primary N) is 1. The molecule has 0 spiro atoms. The summed E-state index contributed by atoms with van der Waals surface area (Å²) in [7, 11) is 0. The predicted octanol–water partition coefficient (Wildman–Crippen LogP) is 2.08. The van der Waals surface area contributed by atoms with Gasteiger partial charge in [0.15, 0.2) is 0 Å². The van der Waals surface area contributed by atoms with Gasteiger partial charge < -0.3 is 20.5 Å². The number of nitrogens with zero attached hydrogens (tertiary/aromatic N) is 4. The van der Waals surface area contributed by atoms with Gasteiger partial charge in [0, 0.05) is 36.0 Å². The van der Waals surface area contributed by atoms with Crippen LogP contribution in [0, 0.1) is 0 Å². The molecule has 0 aliphatic carbocycles. The van der Waals surface area contributed by atoms with Gasteiger partial charge in [-0.25, -0.2) is 9.50 Å². The van der Waals surface area contributed by atoms with Gasteiger partial charge in [-0.3, -0.25) is 0 Å². The topological polar surface area (TPSA) is 88.9 Å². The van der Waals surface area contributed by atoms with E-state index in [4.69, 9.17) is 10.5 Å². The number of rotatable bonds is 5. The summed E-state index contributed by atoms with van der Waals surface area (Å²) in [5.74, 6) is 1.72. The maximum Gasteiger partial charge on any atom is 0.138 e. The first-order chi connectivity index (χ1) is 13.1. The molecule has 7 heteroatoms. The second-order valence-corrected chi connectivity index (χ2v) is 7.10. The SMILES string of the molecule is CCOc1cc(-c2ccc(N3CCC(N)(CO)CC3)nc2)c2ccnn2c1. The summed E-state index contributed by atoms with van der Waals surface area (Å²) >= 11 is 0. The van der Waals surface area contributed by atoms with Gasteiger partial charge >= 0.3 is 0 Å². The molecule has 4 heterocycles. The molecule has 7 nitrogen and oxygen atoms in total. The number of hydrogen-bond acceptors (Lipinski definition) is 6. The third kappa shape index (κ3) is 3.48. The predicted molar refractivity (Wildman–Crippen MR) is 105 cm³/mol. The Kier molecular flexibility index (Phi) is 4.72. The maximum atomic E-state index is 9.42. The van der Waals surface area contributed by atoms with Gasteiger partial charge in [-0.15, -0.1) is 0 Å². The molecule has 1 saturated heterocycles. The van der Waals surface area contributed by atoms with Gasteiger partial charge in [0.25, 0.3) is 0 Å². The van der Waals surface area contributed by atoms with Crippen LogP contribution in [-0.4, -0.2) is 51.5 Å². The van der Waals surface area contributed by atoms with Crippen LogP contribution in [0.2, 0.25) is 0 Å². The minimum absolute atomic E-state index is 0.0325. The number of aliphatic hydroxyl groups excluding tert-OH is 1. The van der Waals surface area contributed by atoms with Gasteiger partial charge in [-0.05, 0) is 44.0 Å². The summed E-state index contributed by atoms with van der Waals surface area (Å²) in [6.45, 7) is 4.21. The lowest BCUT2D eigenvalue weighted by atomic mass is 9.89. The average Bonchev–Trinajstić information content (AvgIpc) is 3.17. The van der Waals surface area contributed by atoms with E-state index in [2.05, 4.69) is 21.0 Å². The molecule has 4 rings (SSSR count). The summed E-state index contributed by atoms with van der Waals surface area (Å²) in [6, 6.07) is 8.14. The Balaban J connectivity index is 1.60. The fraction of sp³-hybridized carbons (Fsp3) is 0.400. The lowest BCUT2D eigenvalue weighted by molar-refractivity contribution is 0.170. The number of aromatic nitrogens is 3. The van der Waals surface area contributed by atoms with Crippen molar-refractivity contribution in [1.29, 1.82) is 0 Å². The van der Waals surface area contributed by atoms with E-state index in [0.717, 1.165) is 54.1 Å². The van der Waals surface area contributed by atoms with Crippen LogP contribution in [0.25, 0.3) is 16.6 Å². The van der Waals surface area contributed by atoms with E-state index >= 15 is 0 Å². The highest BCUT2D eigenvalue weighted by atomic mass is 16.5. The third-order valence-electron chi connectivity index (χ3n) is 5.25. The van der Waals surface area contributed by atoms with E-state index in [1.807, 2.05) is 42.0 Å².